The summed E-state index contributed by atoms with van der Waals surface area (Å²) in [5.41, 5.74) is 4.47. The minimum absolute atomic E-state index is 0.159. The highest BCUT2D eigenvalue weighted by molar-refractivity contribution is 7.80. The molecule has 0 spiro atoms. The first-order valence-corrected chi connectivity index (χ1v) is 9.48. The molecule has 0 aliphatic heterocycles. The molecular formula is C23H21N3O2S. The zero-order chi connectivity index (χ0) is 20.8. The summed E-state index contributed by atoms with van der Waals surface area (Å²) in [6.45, 7) is 3.92. The minimum Gasteiger partial charge on any atom is -0.332 e. The van der Waals surface area contributed by atoms with Gasteiger partial charge in [-0.3, -0.25) is 14.9 Å². The summed E-state index contributed by atoms with van der Waals surface area (Å²) in [5, 5.41) is 8.61. The number of carbonyl (C=O) groups excluding carboxylic acids is 2. The van der Waals surface area contributed by atoms with Gasteiger partial charge in [-0.15, -0.1) is 0 Å². The molecule has 3 aromatic rings. The van der Waals surface area contributed by atoms with E-state index in [4.69, 9.17) is 12.2 Å². The lowest BCUT2D eigenvalue weighted by atomic mass is 10.1. The smallest absolute Gasteiger partial charge is 0.257 e. The second-order valence-corrected chi connectivity index (χ2v) is 7.09. The summed E-state index contributed by atoms with van der Waals surface area (Å²) in [6.07, 6.45) is 0. The van der Waals surface area contributed by atoms with Crippen molar-refractivity contribution in [2.24, 2.45) is 0 Å². The van der Waals surface area contributed by atoms with Gasteiger partial charge in [0.15, 0.2) is 5.11 Å². The van der Waals surface area contributed by atoms with E-state index in [1.165, 1.54) is 0 Å². The number of hydrogen-bond donors (Lipinski definition) is 3. The Balaban J connectivity index is 1.63. The molecule has 3 N–H and O–H groups in total. The van der Waals surface area contributed by atoms with E-state index < -0.39 is 0 Å². The van der Waals surface area contributed by atoms with E-state index in [9.17, 15) is 9.59 Å². The summed E-state index contributed by atoms with van der Waals surface area (Å²) < 4.78 is 0. The lowest BCUT2D eigenvalue weighted by Crippen LogP contribution is -2.34. The topological polar surface area (TPSA) is 70.2 Å². The molecule has 0 heterocycles. The maximum Gasteiger partial charge on any atom is 0.257 e. The van der Waals surface area contributed by atoms with Crippen molar-refractivity contribution in [3.05, 3.63) is 95.1 Å². The number of rotatable bonds is 4. The lowest BCUT2D eigenvalue weighted by Gasteiger charge is -2.11. The molecule has 0 saturated heterocycles. The highest BCUT2D eigenvalue weighted by Crippen LogP contribution is 2.15. The van der Waals surface area contributed by atoms with Gasteiger partial charge in [0.2, 0.25) is 0 Å². The number of aryl methyl sites for hydroxylation is 2. The molecule has 0 unspecified atom stereocenters. The van der Waals surface area contributed by atoms with Crippen LogP contribution in [0.2, 0.25) is 0 Å². The Morgan fingerprint density at radius 3 is 2.03 bits per heavy atom. The molecule has 0 aliphatic rings. The number of benzene rings is 3. The third kappa shape index (κ3) is 5.73. The Bertz CT molecular complexity index is 1060. The zero-order valence-corrected chi connectivity index (χ0v) is 17.0. The second kappa shape index (κ2) is 9.12. The van der Waals surface area contributed by atoms with Crippen LogP contribution in [0, 0.1) is 13.8 Å². The van der Waals surface area contributed by atoms with E-state index in [0.29, 0.717) is 16.8 Å². The van der Waals surface area contributed by atoms with Gasteiger partial charge < -0.3 is 10.6 Å². The van der Waals surface area contributed by atoms with Crippen LogP contribution in [0.25, 0.3) is 0 Å². The summed E-state index contributed by atoms with van der Waals surface area (Å²) in [4.78, 5) is 24.8. The maximum absolute atomic E-state index is 12.5. The van der Waals surface area contributed by atoms with Gasteiger partial charge in [-0.25, -0.2) is 0 Å². The van der Waals surface area contributed by atoms with Gasteiger partial charge in [-0.05, 0) is 74.1 Å². The number of hydrogen-bond acceptors (Lipinski definition) is 3. The summed E-state index contributed by atoms with van der Waals surface area (Å²) in [6, 6.07) is 21.7. The molecule has 6 heteroatoms. The molecule has 2 amide bonds. The van der Waals surface area contributed by atoms with Gasteiger partial charge in [0.05, 0.1) is 0 Å². The Labute approximate surface area is 175 Å². The van der Waals surface area contributed by atoms with Crippen LogP contribution >= 0.6 is 12.2 Å². The summed E-state index contributed by atoms with van der Waals surface area (Å²) >= 11 is 5.22. The van der Waals surface area contributed by atoms with Crippen LogP contribution in [-0.4, -0.2) is 16.9 Å². The minimum atomic E-state index is -0.296. The van der Waals surface area contributed by atoms with Crippen molar-refractivity contribution in [1.82, 2.24) is 5.32 Å². The molecule has 5 nitrogen and oxygen atoms in total. The van der Waals surface area contributed by atoms with Crippen molar-refractivity contribution >= 4 is 40.5 Å². The average Bonchev–Trinajstić information content (AvgIpc) is 2.68. The molecule has 0 bridgehead atoms. The number of nitrogens with one attached hydrogen (secondary N) is 3. The highest BCUT2D eigenvalue weighted by Gasteiger charge is 2.10. The van der Waals surface area contributed by atoms with Crippen LogP contribution in [-0.2, 0) is 0 Å². The maximum atomic E-state index is 12.5. The highest BCUT2D eigenvalue weighted by atomic mass is 32.1. The first-order chi connectivity index (χ1) is 13.9. The van der Waals surface area contributed by atoms with Crippen LogP contribution < -0.4 is 16.0 Å². The van der Waals surface area contributed by atoms with E-state index in [2.05, 4.69) is 16.0 Å². The van der Waals surface area contributed by atoms with Crippen molar-refractivity contribution in [3.63, 3.8) is 0 Å². The van der Waals surface area contributed by atoms with Crippen molar-refractivity contribution in [3.8, 4) is 0 Å². The Morgan fingerprint density at radius 1 is 0.690 bits per heavy atom. The molecular weight excluding hydrogens is 382 g/mol. The fourth-order valence-corrected chi connectivity index (χ4v) is 2.92. The Hall–Kier alpha value is -3.51. The number of carbonyl (C=O) groups is 2. The zero-order valence-electron chi connectivity index (χ0n) is 16.2. The number of anilines is 2. The van der Waals surface area contributed by atoms with Crippen LogP contribution in [0.5, 0.6) is 0 Å². The molecule has 29 heavy (non-hydrogen) atoms. The Kier molecular flexibility index (Phi) is 6.36. The monoisotopic (exact) mass is 403 g/mol. The summed E-state index contributed by atoms with van der Waals surface area (Å²) in [5.74, 6) is -0.523. The molecule has 146 valence electrons. The van der Waals surface area contributed by atoms with E-state index in [1.807, 2.05) is 50.2 Å². The average molecular weight is 404 g/mol. The fraction of sp³-hybridized carbons (Fsp3) is 0.0870. The third-order valence-corrected chi connectivity index (χ3v) is 4.40. The Morgan fingerprint density at radius 2 is 1.34 bits per heavy atom. The van der Waals surface area contributed by atoms with Crippen molar-refractivity contribution < 1.29 is 9.59 Å². The molecule has 0 atom stereocenters. The quantitative estimate of drug-likeness (QED) is 0.553. The molecule has 0 radical (unpaired) electrons. The van der Waals surface area contributed by atoms with Gasteiger partial charge >= 0.3 is 0 Å². The molecule has 3 aromatic carbocycles. The van der Waals surface area contributed by atoms with Gasteiger partial charge in [0.1, 0.15) is 0 Å². The van der Waals surface area contributed by atoms with E-state index in [0.717, 1.165) is 16.8 Å². The molecule has 0 aromatic heterocycles. The molecule has 0 saturated carbocycles. The number of amides is 2. The number of thiocarbonyl (C=S) groups is 1. The first-order valence-electron chi connectivity index (χ1n) is 9.08. The van der Waals surface area contributed by atoms with Crippen LogP contribution in [0.15, 0.2) is 72.8 Å². The largest absolute Gasteiger partial charge is 0.332 e. The lowest BCUT2D eigenvalue weighted by molar-refractivity contribution is 0.0976. The molecule has 0 fully saturated rings. The first kappa shape index (κ1) is 20.2. The second-order valence-electron chi connectivity index (χ2n) is 6.68. The van der Waals surface area contributed by atoms with E-state index in [-0.39, 0.29) is 16.9 Å². The summed E-state index contributed by atoms with van der Waals surface area (Å²) in [7, 11) is 0. The predicted molar refractivity (Wildman–Crippen MR) is 120 cm³/mol. The van der Waals surface area contributed by atoms with Crippen LogP contribution in [0.4, 0.5) is 11.4 Å². The third-order valence-electron chi connectivity index (χ3n) is 4.20. The SMILES string of the molecule is Cc1ccc(C(=O)NC(=S)Nc2cccc(C(=O)Nc3cccc(C)c3)c2)cc1. The van der Waals surface area contributed by atoms with Gasteiger partial charge in [0.25, 0.3) is 11.8 Å². The van der Waals surface area contributed by atoms with Gasteiger partial charge in [-0.1, -0.05) is 35.9 Å². The van der Waals surface area contributed by atoms with Crippen molar-refractivity contribution in [1.29, 1.82) is 0 Å². The van der Waals surface area contributed by atoms with Gasteiger partial charge in [0, 0.05) is 22.5 Å². The molecule has 0 aliphatic carbocycles. The molecule has 3 rings (SSSR count). The van der Waals surface area contributed by atoms with Crippen LogP contribution in [0.3, 0.4) is 0 Å². The fourth-order valence-electron chi connectivity index (χ4n) is 2.71. The van der Waals surface area contributed by atoms with Gasteiger partial charge in [-0.2, -0.15) is 0 Å². The van der Waals surface area contributed by atoms with Crippen molar-refractivity contribution in [2.45, 2.75) is 13.8 Å². The van der Waals surface area contributed by atoms with E-state index in [1.54, 1.807) is 36.4 Å². The standard InChI is InChI=1S/C23H21N3O2S/c1-15-9-11-17(12-10-15)21(27)26-23(29)25-20-8-4-6-18(14-20)22(28)24-19-7-3-5-16(2)13-19/h3-14H,1-2H3,(H,24,28)(H2,25,26,27,29). The normalized spacial score (nSPS) is 10.1. The van der Waals surface area contributed by atoms with Crippen LogP contribution in [0.1, 0.15) is 31.8 Å². The van der Waals surface area contributed by atoms with E-state index >= 15 is 0 Å². The van der Waals surface area contributed by atoms with Crippen molar-refractivity contribution in [2.75, 3.05) is 10.6 Å². The predicted octanol–water partition coefficient (Wildman–Crippen LogP) is 4.68.